The Bertz CT molecular complexity index is 628. The number of hydrogen-bond donors (Lipinski definition) is 0. The summed E-state index contributed by atoms with van der Waals surface area (Å²) in [5.74, 6) is -0.0695. The highest BCUT2D eigenvalue weighted by Crippen LogP contribution is 2.08. The number of carbonyl (C=O) groups excluding carboxylic acids is 1. The summed E-state index contributed by atoms with van der Waals surface area (Å²) < 4.78 is 12.0. The highest BCUT2D eigenvalue weighted by Gasteiger charge is 2.10. The third-order valence-corrected chi connectivity index (χ3v) is 3.28. The van der Waals surface area contributed by atoms with Crippen LogP contribution in [0.5, 0.6) is 0 Å². The average molecular weight is 303 g/mol. The van der Waals surface area contributed by atoms with Gasteiger partial charge in [-0.3, -0.25) is 4.79 Å². The molecule has 2 aromatic heterocycles. The third kappa shape index (κ3) is 4.16. The second-order valence-electron chi connectivity index (χ2n) is 4.76. The number of nitrogens with zero attached hydrogens (tertiary/aromatic N) is 3. The van der Waals surface area contributed by atoms with Crippen LogP contribution in [0.4, 0.5) is 0 Å². The fraction of sp³-hybridized carbons (Fsp3) is 0.375. The molecule has 118 valence electrons. The van der Waals surface area contributed by atoms with E-state index in [1.54, 1.807) is 37.5 Å². The first kappa shape index (κ1) is 16.2. The molecule has 0 saturated carbocycles. The lowest BCUT2D eigenvalue weighted by molar-refractivity contribution is -0.127. The molecule has 0 aliphatic rings. The van der Waals surface area contributed by atoms with Crippen molar-refractivity contribution in [1.82, 2.24) is 14.3 Å². The Kier molecular flexibility index (Phi) is 6.12. The summed E-state index contributed by atoms with van der Waals surface area (Å²) in [5, 5.41) is 0. The van der Waals surface area contributed by atoms with Gasteiger partial charge < -0.3 is 18.8 Å². The van der Waals surface area contributed by atoms with E-state index < -0.39 is 0 Å². The first-order valence-electron chi connectivity index (χ1n) is 7.13. The molecule has 2 rings (SSSR count). The summed E-state index contributed by atoms with van der Waals surface area (Å²) in [6.45, 7) is 2.07. The number of aromatic nitrogens is 2. The molecule has 0 bridgehead atoms. The van der Waals surface area contributed by atoms with E-state index in [0.29, 0.717) is 26.3 Å². The average Bonchev–Trinajstić information content (AvgIpc) is 2.96. The van der Waals surface area contributed by atoms with Crippen molar-refractivity contribution >= 4 is 17.6 Å². The van der Waals surface area contributed by atoms with Crippen LogP contribution in [0.2, 0.25) is 0 Å². The van der Waals surface area contributed by atoms with Crippen molar-refractivity contribution in [3.8, 4) is 0 Å². The van der Waals surface area contributed by atoms with Crippen LogP contribution in [-0.2, 0) is 14.3 Å². The summed E-state index contributed by atoms with van der Waals surface area (Å²) in [7, 11) is 3.24. The van der Waals surface area contributed by atoms with Gasteiger partial charge >= 0.3 is 0 Å². The van der Waals surface area contributed by atoms with E-state index in [1.807, 2.05) is 28.8 Å². The number of methoxy groups -OCH3 is 2. The lowest BCUT2D eigenvalue weighted by Gasteiger charge is -2.20. The molecule has 0 saturated heterocycles. The third-order valence-electron chi connectivity index (χ3n) is 3.28. The Morgan fingerprint density at radius 3 is 2.68 bits per heavy atom. The molecule has 2 aromatic rings. The minimum absolute atomic E-state index is 0.0695. The normalized spacial score (nSPS) is 11.4. The molecule has 1 amide bonds. The molecule has 0 radical (unpaired) electrons. The minimum atomic E-state index is -0.0695. The predicted octanol–water partition coefficient (Wildman–Crippen LogP) is 1.47. The second-order valence-corrected chi connectivity index (χ2v) is 4.76. The number of amides is 1. The van der Waals surface area contributed by atoms with Crippen molar-refractivity contribution in [2.24, 2.45) is 0 Å². The fourth-order valence-electron chi connectivity index (χ4n) is 2.07. The number of hydrogen-bond acceptors (Lipinski definition) is 4. The topological polar surface area (TPSA) is 56.1 Å². The highest BCUT2D eigenvalue weighted by molar-refractivity contribution is 5.91. The number of rotatable bonds is 8. The van der Waals surface area contributed by atoms with Crippen molar-refractivity contribution < 1.29 is 14.3 Å². The first-order valence-corrected chi connectivity index (χ1v) is 7.13. The van der Waals surface area contributed by atoms with Gasteiger partial charge in [0.05, 0.1) is 25.1 Å². The van der Waals surface area contributed by atoms with Gasteiger partial charge in [0.2, 0.25) is 5.91 Å². The molecule has 0 aliphatic carbocycles. The summed E-state index contributed by atoms with van der Waals surface area (Å²) in [5.41, 5.74) is 1.72. The Morgan fingerprint density at radius 1 is 1.27 bits per heavy atom. The lowest BCUT2D eigenvalue weighted by Crippen LogP contribution is -2.35. The van der Waals surface area contributed by atoms with Gasteiger partial charge in [-0.05, 0) is 18.2 Å². The number of pyridine rings is 1. The Morgan fingerprint density at radius 2 is 2.00 bits per heavy atom. The maximum absolute atomic E-state index is 12.3. The van der Waals surface area contributed by atoms with E-state index in [9.17, 15) is 4.79 Å². The van der Waals surface area contributed by atoms with Crippen LogP contribution in [-0.4, -0.2) is 60.7 Å². The maximum atomic E-state index is 12.3. The van der Waals surface area contributed by atoms with Crippen LogP contribution in [0.3, 0.4) is 0 Å². The second kappa shape index (κ2) is 8.31. The largest absolute Gasteiger partial charge is 0.383 e. The molecule has 6 heteroatoms. The number of imidazole rings is 1. The van der Waals surface area contributed by atoms with Crippen LogP contribution in [0.25, 0.3) is 11.7 Å². The molecule has 0 unspecified atom stereocenters. The zero-order valence-electron chi connectivity index (χ0n) is 12.9. The van der Waals surface area contributed by atoms with E-state index in [0.717, 1.165) is 11.3 Å². The van der Waals surface area contributed by atoms with E-state index >= 15 is 0 Å². The maximum Gasteiger partial charge on any atom is 0.246 e. The molecule has 0 spiro atoms. The number of carbonyl (C=O) groups is 1. The summed E-state index contributed by atoms with van der Waals surface area (Å²) >= 11 is 0. The van der Waals surface area contributed by atoms with Crippen molar-refractivity contribution in [3.63, 3.8) is 0 Å². The van der Waals surface area contributed by atoms with Gasteiger partial charge in [0, 0.05) is 39.6 Å². The molecular formula is C16H21N3O3. The van der Waals surface area contributed by atoms with E-state index in [1.165, 1.54) is 0 Å². The van der Waals surface area contributed by atoms with Crippen LogP contribution in [0.15, 0.2) is 36.7 Å². The van der Waals surface area contributed by atoms with Crippen LogP contribution < -0.4 is 0 Å². The SMILES string of the molecule is COCCN(CCOC)C(=O)/C=C/c1cnc2ccccn12. The van der Waals surface area contributed by atoms with E-state index in [2.05, 4.69) is 4.98 Å². The molecule has 0 aliphatic heterocycles. The van der Waals surface area contributed by atoms with Gasteiger partial charge in [-0.1, -0.05) is 6.07 Å². The summed E-state index contributed by atoms with van der Waals surface area (Å²) in [6.07, 6.45) is 6.99. The molecular weight excluding hydrogens is 282 g/mol. The molecule has 6 nitrogen and oxygen atoms in total. The Balaban J connectivity index is 2.07. The quantitative estimate of drug-likeness (QED) is 0.693. The van der Waals surface area contributed by atoms with Gasteiger partial charge in [0.1, 0.15) is 5.65 Å². The van der Waals surface area contributed by atoms with Crippen LogP contribution in [0.1, 0.15) is 5.69 Å². The van der Waals surface area contributed by atoms with Gasteiger partial charge in [-0.2, -0.15) is 0 Å². The van der Waals surface area contributed by atoms with Gasteiger partial charge in [0.25, 0.3) is 0 Å². The highest BCUT2D eigenvalue weighted by atomic mass is 16.5. The van der Waals surface area contributed by atoms with Crippen molar-refractivity contribution in [2.75, 3.05) is 40.5 Å². The molecule has 0 aromatic carbocycles. The van der Waals surface area contributed by atoms with Gasteiger partial charge in [-0.15, -0.1) is 0 Å². The Hall–Kier alpha value is -2.18. The first-order chi connectivity index (χ1) is 10.8. The lowest BCUT2D eigenvalue weighted by atomic mass is 10.3. The Labute approximate surface area is 130 Å². The summed E-state index contributed by atoms with van der Waals surface area (Å²) in [4.78, 5) is 18.3. The van der Waals surface area contributed by atoms with Gasteiger partial charge in [0.15, 0.2) is 0 Å². The minimum Gasteiger partial charge on any atom is -0.383 e. The van der Waals surface area contributed by atoms with Crippen LogP contribution in [0, 0.1) is 0 Å². The standard InChI is InChI=1S/C16H21N3O3/c1-21-11-9-18(10-12-22-2)16(20)7-6-14-13-17-15-5-3-4-8-19(14)15/h3-8,13H,9-12H2,1-2H3/b7-6+. The molecule has 0 N–H and O–H groups in total. The molecule has 0 atom stereocenters. The van der Waals surface area contributed by atoms with Crippen molar-refractivity contribution in [1.29, 1.82) is 0 Å². The summed E-state index contributed by atoms with van der Waals surface area (Å²) in [6, 6.07) is 5.78. The molecule has 0 fully saturated rings. The monoisotopic (exact) mass is 303 g/mol. The zero-order chi connectivity index (χ0) is 15.8. The van der Waals surface area contributed by atoms with E-state index in [-0.39, 0.29) is 5.91 Å². The molecule has 2 heterocycles. The smallest absolute Gasteiger partial charge is 0.246 e. The molecule has 22 heavy (non-hydrogen) atoms. The van der Waals surface area contributed by atoms with E-state index in [4.69, 9.17) is 9.47 Å². The number of ether oxygens (including phenoxy) is 2. The van der Waals surface area contributed by atoms with Gasteiger partial charge in [-0.25, -0.2) is 4.98 Å². The van der Waals surface area contributed by atoms with Crippen molar-refractivity contribution in [3.05, 3.63) is 42.4 Å². The fourth-order valence-corrected chi connectivity index (χ4v) is 2.07. The zero-order valence-corrected chi connectivity index (χ0v) is 12.9. The van der Waals surface area contributed by atoms with Crippen LogP contribution >= 0.6 is 0 Å². The predicted molar refractivity (Wildman–Crippen MR) is 84.6 cm³/mol. The van der Waals surface area contributed by atoms with Crippen molar-refractivity contribution in [2.45, 2.75) is 0 Å². The number of fused-ring (bicyclic) bond motifs is 1.